The molecule has 0 amide bonds. The van der Waals surface area contributed by atoms with Crippen LogP contribution < -0.4 is 15.5 Å². The molecule has 108 valence electrons. The highest BCUT2D eigenvalue weighted by atomic mass is 32.1. The Bertz CT molecular complexity index is 623. The molecule has 0 saturated carbocycles. The maximum absolute atomic E-state index is 5.81. The quantitative estimate of drug-likeness (QED) is 0.866. The van der Waals surface area contributed by atoms with Gasteiger partial charge in [-0.25, -0.2) is 9.97 Å². The first kappa shape index (κ1) is 13.8. The van der Waals surface area contributed by atoms with Crippen LogP contribution in [0.15, 0.2) is 42.7 Å². The van der Waals surface area contributed by atoms with Crippen molar-refractivity contribution in [2.24, 2.45) is 5.73 Å². The molecule has 1 aliphatic heterocycles. The highest BCUT2D eigenvalue weighted by Crippen LogP contribution is 2.22. The van der Waals surface area contributed by atoms with Crippen LogP contribution in [0.4, 0.5) is 11.6 Å². The van der Waals surface area contributed by atoms with E-state index in [-0.39, 0.29) is 0 Å². The van der Waals surface area contributed by atoms with Crippen LogP contribution in [0.2, 0.25) is 0 Å². The van der Waals surface area contributed by atoms with E-state index in [1.807, 2.05) is 24.3 Å². The Morgan fingerprint density at radius 1 is 0.952 bits per heavy atom. The number of piperazine rings is 1. The number of thiocarbonyl (C=S) groups is 1. The molecule has 0 spiro atoms. The fourth-order valence-corrected chi connectivity index (χ4v) is 2.73. The van der Waals surface area contributed by atoms with Crippen LogP contribution in [0, 0.1) is 0 Å². The van der Waals surface area contributed by atoms with Crippen LogP contribution in [-0.4, -0.2) is 41.1 Å². The number of para-hydroxylation sites is 1. The molecule has 0 unspecified atom stereocenters. The Balaban J connectivity index is 1.73. The molecule has 2 aromatic rings. The number of nitrogens with two attached hydrogens (primary N) is 1. The van der Waals surface area contributed by atoms with E-state index in [1.54, 1.807) is 12.4 Å². The average Bonchev–Trinajstić information content (AvgIpc) is 2.56. The maximum atomic E-state index is 5.81. The van der Waals surface area contributed by atoms with Crippen LogP contribution in [-0.2, 0) is 0 Å². The van der Waals surface area contributed by atoms with E-state index in [4.69, 9.17) is 18.0 Å². The molecule has 1 fully saturated rings. The summed E-state index contributed by atoms with van der Waals surface area (Å²) in [5.74, 6) is 0.791. The van der Waals surface area contributed by atoms with Gasteiger partial charge < -0.3 is 15.5 Å². The van der Waals surface area contributed by atoms with Gasteiger partial charge in [-0.3, -0.25) is 0 Å². The monoisotopic (exact) mass is 299 g/mol. The molecule has 1 saturated heterocycles. The van der Waals surface area contributed by atoms with Gasteiger partial charge in [-0.15, -0.1) is 0 Å². The van der Waals surface area contributed by atoms with E-state index in [0.29, 0.717) is 4.99 Å². The largest absolute Gasteiger partial charge is 0.389 e. The summed E-state index contributed by atoms with van der Waals surface area (Å²) in [5, 5.41) is 0. The first-order chi connectivity index (χ1) is 10.3. The summed E-state index contributed by atoms with van der Waals surface area (Å²) >= 11 is 5.14. The summed E-state index contributed by atoms with van der Waals surface area (Å²) in [7, 11) is 0. The molecule has 21 heavy (non-hydrogen) atoms. The number of anilines is 2. The first-order valence-corrected chi connectivity index (χ1v) is 7.32. The number of hydrogen-bond donors (Lipinski definition) is 1. The first-order valence-electron chi connectivity index (χ1n) is 6.91. The van der Waals surface area contributed by atoms with Crippen molar-refractivity contribution in [3.05, 3.63) is 48.3 Å². The summed E-state index contributed by atoms with van der Waals surface area (Å²) in [4.78, 5) is 13.6. The van der Waals surface area contributed by atoms with Crippen molar-refractivity contribution in [2.75, 3.05) is 36.0 Å². The molecular formula is C15H17N5S. The Labute approximate surface area is 129 Å². The predicted octanol–water partition coefficient (Wildman–Crippen LogP) is 1.44. The second-order valence-electron chi connectivity index (χ2n) is 4.90. The van der Waals surface area contributed by atoms with Gasteiger partial charge in [-0.05, 0) is 18.2 Å². The molecule has 5 nitrogen and oxygen atoms in total. The van der Waals surface area contributed by atoms with Crippen molar-refractivity contribution < 1.29 is 0 Å². The van der Waals surface area contributed by atoms with Crippen molar-refractivity contribution in [1.29, 1.82) is 0 Å². The Morgan fingerprint density at radius 2 is 1.57 bits per heavy atom. The zero-order valence-corrected chi connectivity index (χ0v) is 12.5. The fourth-order valence-electron chi connectivity index (χ4n) is 2.56. The summed E-state index contributed by atoms with van der Waals surface area (Å²) < 4.78 is 0. The van der Waals surface area contributed by atoms with Gasteiger partial charge in [0.2, 0.25) is 5.95 Å². The summed E-state index contributed by atoms with van der Waals surface area (Å²) in [5.41, 5.74) is 7.87. The van der Waals surface area contributed by atoms with E-state index in [0.717, 1.165) is 43.4 Å². The van der Waals surface area contributed by atoms with Gasteiger partial charge in [-0.1, -0.05) is 24.4 Å². The van der Waals surface area contributed by atoms with Crippen molar-refractivity contribution in [3.8, 4) is 0 Å². The third-order valence-electron chi connectivity index (χ3n) is 3.62. The predicted molar refractivity (Wildman–Crippen MR) is 88.8 cm³/mol. The summed E-state index contributed by atoms with van der Waals surface area (Å²) in [6, 6.07) is 9.86. The topological polar surface area (TPSA) is 58.3 Å². The number of nitrogens with zero attached hydrogens (tertiary/aromatic N) is 4. The third-order valence-corrected chi connectivity index (χ3v) is 3.84. The summed E-state index contributed by atoms with van der Waals surface area (Å²) in [6.07, 6.45) is 3.55. The maximum Gasteiger partial charge on any atom is 0.225 e. The normalized spacial score (nSPS) is 15.0. The van der Waals surface area contributed by atoms with Gasteiger partial charge >= 0.3 is 0 Å². The van der Waals surface area contributed by atoms with E-state index in [9.17, 15) is 0 Å². The molecule has 2 N–H and O–H groups in total. The minimum atomic E-state index is 0.444. The molecule has 0 radical (unpaired) electrons. The van der Waals surface area contributed by atoms with Gasteiger partial charge in [0.15, 0.2) is 0 Å². The molecule has 1 aliphatic rings. The molecule has 0 bridgehead atoms. The third kappa shape index (κ3) is 2.95. The second-order valence-corrected chi connectivity index (χ2v) is 5.34. The van der Waals surface area contributed by atoms with Crippen LogP contribution in [0.3, 0.4) is 0 Å². The molecule has 2 heterocycles. The molecule has 3 rings (SSSR count). The van der Waals surface area contributed by atoms with Gasteiger partial charge in [0.1, 0.15) is 4.99 Å². The molecule has 6 heteroatoms. The zero-order chi connectivity index (χ0) is 14.7. The summed E-state index contributed by atoms with van der Waals surface area (Å²) in [6.45, 7) is 3.57. The fraction of sp³-hybridized carbons (Fsp3) is 0.267. The Hall–Kier alpha value is -2.21. The van der Waals surface area contributed by atoms with Crippen LogP contribution in [0.5, 0.6) is 0 Å². The van der Waals surface area contributed by atoms with E-state index in [2.05, 4.69) is 25.8 Å². The zero-order valence-electron chi connectivity index (χ0n) is 11.6. The van der Waals surface area contributed by atoms with E-state index in [1.165, 1.54) is 0 Å². The second kappa shape index (κ2) is 6.05. The molecular weight excluding hydrogens is 282 g/mol. The smallest absolute Gasteiger partial charge is 0.225 e. The average molecular weight is 299 g/mol. The molecule has 0 aliphatic carbocycles. The number of aromatic nitrogens is 2. The standard InChI is InChI=1S/C15H17N5S/c16-14(21)12-4-1-2-5-13(12)19-8-10-20(11-9-19)15-17-6-3-7-18-15/h1-7H,8-11H2,(H2,16,21). The SMILES string of the molecule is NC(=S)c1ccccc1N1CCN(c2ncccn2)CC1. The molecule has 1 aromatic carbocycles. The number of hydrogen-bond acceptors (Lipinski definition) is 5. The van der Waals surface area contributed by atoms with E-state index < -0.39 is 0 Å². The number of rotatable bonds is 3. The van der Waals surface area contributed by atoms with Crippen LogP contribution in [0.25, 0.3) is 0 Å². The van der Waals surface area contributed by atoms with Gasteiger partial charge in [0.25, 0.3) is 0 Å². The molecule has 0 atom stereocenters. The lowest BCUT2D eigenvalue weighted by atomic mass is 10.1. The van der Waals surface area contributed by atoms with Gasteiger partial charge in [-0.2, -0.15) is 0 Å². The Kier molecular flexibility index (Phi) is 3.96. The van der Waals surface area contributed by atoms with Crippen LogP contribution in [0.1, 0.15) is 5.56 Å². The van der Waals surface area contributed by atoms with Crippen LogP contribution >= 0.6 is 12.2 Å². The van der Waals surface area contributed by atoms with Gasteiger partial charge in [0, 0.05) is 49.8 Å². The van der Waals surface area contributed by atoms with Crippen molar-refractivity contribution in [3.63, 3.8) is 0 Å². The highest BCUT2D eigenvalue weighted by molar-refractivity contribution is 7.80. The lowest BCUT2D eigenvalue weighted by molar-refractivity contribution is 0.640. The van der Waals surface area contributed by atoms with Crippen molar-refractivity contribution >= 4 is 28.8 Å². The van der Waals surface area contributed by atoms with Crippen molar-refractivity contribution in [2.45, 2.75) is 0 Å². The molecule has 1 aromatic heterocycles. The van der Waals surface area contributed by atoms with Gasteiger partial charge in [0.05, 0.1) is 0 Å². The lowest BCUT2D eigenvalue weighted by Gasteiger charge is -2.36. The minimum Gasteiger partial charge on any atom is -0.389 e. The Morgan fingerprint density at radius 3 is 2.24 bits per heavy atom. The minimum absolute atomic E-state index is 0.444. The lowest BCUT2D eigenvalue weighted by Crippen LogP contribution is -2.47. The highest BCUT2D eigenvalue weighted by Gasteiger charge is 2.20. The van der Waals surface area contributed by atoms with E-state index >= 15 is 0 Å². The number of benzene rings is 1. The van der Waals surface area contributed by atoms with Crippen molar-refractivity contribution in [1.82, 2.24) is 9.97 Å².